The molecule has 0 aliphatic heterocycles. The number of nitrogens with zero attached hydrogens (tertiary/aromatic N) is 1. The van der Waals surface area contributed by atoms with Crippen molar-refractivity contribution in [3.05, 3.63) is 63.2 Å². The van der Waals surface area contributed by atoms with Crippen LogP contribution in [0, 0.1) is 3.57 Å². The smallest absolute Gasteiger partial charge is 0.257 e. The van der Waals surface area contributed by atoms with Gasteiger partial charge in [-0.25, -0.2) is 0 Å². The molecule has 0 aromatic heterocycles. The molecule has 0 saturated heterocycles. The lowest BCUT2D eigenvalue weighted by Crippen LogP contribution is -2.34. The normalized spacial score (nSPS) is 10.1. The highest BCUT2D eigenvalue weighted by Crippen LogP contribution is 2.13. The minimum absolute atomic E-state index is 0.0867. The van der Waals surface area contributed by atoms with Gasteiger partial charge in [0.15, 0.2) is 5.11 Å². The molecule has 2 amide bonds. The molecule has 26 heavy (non-hydrogen) atoms. The van der Waals surface area contributed by atoms with Gasteiger partial charge < -0.3 is 10.2 Å². The number of nitrogens with one attached hydrogen (secondary N) is 2. The second kappa shape index (κ2) is 9.63. The maximum absolute atomic E-state index is 12.2. The Labute approximate surface area is 172 Å². The highest BCUT2D eigenvalue weighted by molar-refractivity contribution is 14.1. The highest BCUT2D eigenvalue weighted by Gasteiger charge is 2.09. The van der Waals surface area contributed by atoms with Crippen LogP contribution in [0.2, 0.25) is 0 Å². The molecule has 2 aromatic carbocycles. The molecule has 2 rings (SSSR count). The number of carbonyl (C=O) groups excluding carboxylic acids is 2. The van der Waals surface area contributed by atoms with Crippen LogP contribution >= 0.6 is 34.8 Å². The second-order valence-corrected chi connectivity index (χ2v) is 7.56. The Morgan fingerprint density at radius 3 is 2.54 bits per heavy atom. The van der Waals surface area contributed by atoms with Crippen molar-refractivity contribution in [3.63, 3.8) is 0 Å². The lowest BCUT2D eigenvalue weighted by atomic mass is 10.1. The number of benzene rings is 2. The maximum Gasteiger partial charge on any atom is 0.257 e. The van der Waals surface area contributed by atoms with Gasteiger partial charge in [0.2, 0.25) is 5.91 Å². The second-order valence-electron chi connectivity index (χ2n) is 5.91. The van der Waals surface area contributed by atoms with E-state index < -0.39 is 0 Å². The molecule has 136 valence electrons. The molecule has 7 heteroatoms. The Morgan fingerprint density at radius 2 is 1.85 bits per heavy atom. The molecule has 0 atom stereocenters. The Morgan fingerprint density at radius 1 is 1.12 bits per heavy atom. The molecule has 0 aliphatic rings. The fraction of sp³-hybridized carbons (Fsp3) is 0.211. The number of hydrogen-bond acceptors (Lipinski definition) is 3. The fourth-order valence-electron chi connectivity index (χ4n) is 2.25. The van der Waals surface area contributed by atoms with Crippen LogP contribution in [0.1, 0.15) is 22.3 Å². The molecular weight excluding hydrogens is 461 g/mol. The maximum atomic E-state index is 12.2. The predicted octanol–water partition coefficient (Wildman–Crippen LogP) is 3.44. The zero-order chi connectivity index (χ0) is 19.1. The van der Waals surface area contributed by atoms with Crippen molar-refractivity contribution in [1.82, 2.24) is 10.2 Å². The molecule has 2 N–H and O–H groups in total. The summed E-state index contributed by atoms with van der Waals surface area (Å²) < 4.78 is 0.981. The first-order valence-electron chi connectivity index (χ1n) is 8.02. The summed E-state index contributed by atoms with van der Waals surface area (Å²) in [7, 11) is 3.49. The first-order valence-corrected chi connectivity index (χ1v) is 9.51. The quantitative estimate of drug-likeness (QED) is 0.508. The standard InChI is InChI=1S/C19H20IN3O2S/c1-23(2)17(24)10-9-13-5-3-8-16(11-13)21-19(26)22-18(25)14-6-4-7-15(20)12-14/h3-8,11-12H,9-10H2,1-2H3,(H2,21,22,25,26). The first kappa shape index (κ1) is 20.3. The lowest BCUT2D eigenvalue weighted by Gasteiger charge is -2.12. The van der Waals surface area contributed by atoms with E-state index >= 15 is 0 Å². The lowest BCUT2D eigenvalue weighted by molar-refractivity contribution is -0.128. The van der Waals surface area contributed by atoms with Crippen LogP contribution in [0.4, 0.5) is 5.69 Å². The van der Waals surface area contributed by atoms with Crippen molar-refractivity contribution >= 4 is 57.4 Å². The number of carbonyl (C=O) groups is 2. The van der Waals surface area contributed by atoms with Gasteiger partial charge in [-0.1, -0.05) is 18.2 Å². The largest absolute Gasteiger partial charge is 0.349 e. The van der Waals surface area contributed by atoms with Gasteiger partial charge in [0.05, 0.1) is 0 Å². The summed E-state index contributed by atoms with van der Waals surface area (Å²) in [5.74, 6) is -0.169. The summed E-state index contributed by atoms with van der Waals surface area (Å²) in [4.78, 5) is 25.5. The van der Waals surface area contributed by atoms with Crippen LogP contribution in [-0.4, -0.2) is 35.9 Å². The van der Waals surface area contributed by atoms with Crippen LogP contribution < -0.4 is 10.6 Å². The van der Waals surface area contributed by atoms with Gasteiger partial charge in [-0.05, 0) is 77.1 Å². The van der Waals surface area contributed by atoms with E-state index in [4.69, 9.17) is 12.2 Å². The summed E-state index contributed by atoms with van der Waals surface area (Å²) in [5.41, 5.74) is 2.35. The third kappa shape index (κ3) is 6.38. The summed E-state index contributed by atoms with van der Waals surface area (Å²) >= 11 is 7.38. The molecule has 0 aliphatic carbocycles. The monoisotopic (exact) mass is 481 g/mol. The third-order valence-electron chi connectivity index (χ3n) is 3.63. The molecule has 0 heterocycles. The van der Waals surface area contributed by atoms with Crippen LogP contribution in [-0.2, 0) is 11.2 Å². The molecule has 0 radical (unpaired) electrons. The van der Waals surface area contributed by atoms with Crippen molar-refractivity contribution in [1.29, 1.82) is 0 Å². The van der Waals surface area contributed by atoms with Crippen molar-refractivity contribution in [2.24, 2.45) is 0 Å². The van der Waals surface area contributed by atoms with E-state index in [1.165, 1.54) is 0 Å². The van der Waals surface area contributed by atoms with Gasteiger partial charge in [0.1, 0.15) is 0 Å². The minimum Gasteiger partial charge on any atom is -0.349 e. The van der Waals surface area contributed by atoms with Crippen LogP contribution in [0.15, 0.2) is 48.5 Å². The number of hydrogen-bond donors (Lipinski definition) is 2. The van der Waals surface area contributed by atoms with E-state index in [1.54, 1.807) is 31.1 Å². The topological polar surface area (TPSA) is 61.4 Å². The van der Waals surface area contributed by atoms with E-state index in [2.05, 4.69) is 33.2 Å². The molecule has 5 nitrogen and oxygen atoms in total. The molecule has 0 spiro atoms. The molecule has 0 fully saturated rings. The molecular formula is C19H20IN3O2S. The average molecular weight is 481 g/mol. The fourth-order valence-corrected chi connectivity index (χ4v) is 3.00. The van der Waals surface area contributed by atoms with Gasteiger partial charge in [0.25, 0.3) is 5.91 Å². The van der Waals surface area contributed by atoms with Gasteiger partial charge in [-0.3, -0.25) is 14.9 Å². The predicted molar refractivity (Wildman–Crippen MR) is 116 cm³/mol. The molecule has 0 saturated carbocycles. The van der Waals surface area contributed by atoms with Crippen LogP contribution in [0.25, 0.3) is 0 Å². The number of rotatable bonds is 5. The third-order valence-corrected chi connectivity index (χ3v) is 4.50. The van der Waals surface area contributed by atoms with Gasteiger partial charge in [0, 0.05) is 35.3 Å². The van der Waals surface area contributed by atoms with Crippen molar-refractivity contribution in [2.75, 3.05) is 19.4 Å². The highest BCUT2D eigenvalue weighted by atomic mass is 127. The Balaban J connectivity index is 1.93. The van der Waals surface area contributed by atoms with E-state index in [9.17, 15) is 9.59 Å². The number of thiocarbonyl (C=S) groups is 1. The Hall–Kier alpha value is -2.00. The molecule has 2 aromatic rings. The SMILES string of the molecule is CN(C)C(=O)CCc1cccc(NC(=S)NC(=O)c2cccc(I)c2)c1. The number of amides is 2. The summed E-state index contributed by atoms with van der Waals surface area (Å²) in [6, 6.07) is 14.9. The molecule has 0 unspecified atom stereocenters. The van der Waals surface area contributed by atoms with Gasteiger partial charge in [-0.2, -0.15) is 0 Å². The van der Waals surface area contributed by atoms with Gasteiger partial charge in [-0.15, -0.1) is 0 Å². The van der Waals surface area contributed by atoms with E-state index in [0.29, 0.717) is 18.4 Å². The summed E-state index contributed by atoms with van der Waals surface area (Å²) in [6.07, 6.45) is 1.10. The van der Waals surface area contributed by atoms with Gasteiger partial charge >= 0.3 is 0 Å². The van der Waals surface area contributed by atoms with E-state index in [1.807, 2.05) is 36.4 Å². The number of aryl methyl sites for hydroxylation is 1. The van der Waals surface area contributed by atoms with E-state index in [-0.39, 0.29) is 16.9 Å². The average Bonchev–Trinajstić information content (AvgIpc) is 2.59. The zero-order valence-electron chi connectivity index (χ0n) is 14.6. The van der Waals surface area contributed by atoms with Crippen molar-refractivity contribution < 1.29 is 9.59 Å². The van der Waals surface area contributed by atoms with Crippen molar-refractivity contribution in [2.45, 2.75) is 12.8 Å². The summed E-state index contributed by atoms with van der Waals surface area (Å²) in [5, 5.41) is 5.92. The number of halogens is 1. The first-order chi connectivity index (χ1) is 12.3. The Kier molecular flexibility index (Phi) is 7.52. The summed E-state index contributed by atoms with van der Waals surface area (Å²) in [6.45, 7) is 0. The molecule has 0 bridgehead atoms. The van der Waals surface area contributed by atoms with Crippen LogP contribution in [0.3, 0.4) is 0 Å². The van der Waals surface area contributed by atoms with Crippen LogP contribution in [0.5, 0.6) is 0 Å². The zero-order valence-corrected chi connectivity index (χ0v) is 17.6. The number of anilines is 1. The Bertz CT molecular complexity index is 824. The van der Waals surface area contributed by atoms with E-state index in [0.717, 1.165) is 14.8 Å². The van der Waals surface area contributed by atoms with Crippen molar-refractivity contribution in [3.8, 4) is 0 Å². The minimum atomic E-state index is -0.256.